The molecule has 1 aliphatic heterocycles. The Morgan fingerprint density at radius 1 is 1.31 bits per heavy atom. The Hall–Kier alpha value is -1.79. The molecular weight excluding hydrogens is 346 g/mol. The van der Waals surface area contributed by atoms with Gasteiger partial charge in [0, 0.05) is 18.4 Å². The molecule has 2 heterocycles. The summed E-state index contributed by atoms with van der Waals surface area (Å²) in [6.45, 7) is 9.44. The third kappa shape index (κ3) is 4.13. The van der Waals surface area contributed by atoms with Crippen LogP contribution in [0.2, 0.25) is 0 Å². The first-order chi connectivity index (χ1) is 12.3. The van der Waals surface area contributed by atoms with Crippen molar-refractivity contribution in [2.24, 2.45) is 0 Å². The average Bonchev–Trinajstić information content (AvgIpc) is 2.97. The molecule has 3 rings (SSSR count). The number of rotatable bonds is 5. The first-order valence-electron chi connectivity index (χ1n) is 9.06. The third-order valence-corrected chi connectivity index (χ3v) is 6.07. The van der Waals surface area contributed by atoms with E-state index in [1.165, 1.54) is 22.7 Å². The second-order valence-electron chi connectivity index (χ2n) is 7.87. The molecular formula is C20H27N3O2S. The summed E-state index contributed by atoms with van der Waals surface area (Å²) in [5, 5.41) is 7.07. The van der Waals surface area contributed by atoms with Crippen LogP contribution in [0.25, 0.3) is 0 Å². The topological polar surface area (TPSA) is 64.1 Å². The summed E-state index contributed by atoms with van der Waals surface area (Å²) in [5.41, 5.74) is 2.95. The molecule has 1 aromatic carbocycles. The molecule has 0 saturated carbocycles. The molecule has 0 spiro atoms. The molecule has 1 aromatic heterocycles. The number of hydrogen-bond donors (Lipinski definition) is 1. The Morgan fingerprint density at radius 3 is 2.73 bits per heavy atom. The molecule has 26 heavy (non-hydrogen) atoms. The van der Waals surface area contributed by atoms with Crippen molar-refractivity contribution in [1.82, 2.24) is 14.9 Å². The SMILES string of the molecule is Cc1ccccc1C1(CC(=O)NCc2snnc2C)CCOC(C)(C)C1. The lowest BCUT2D eigenvalue weighted by Crippen LogP contribution is -2.46. The van der Waals surface area contributed by atoms with Crippen LogP contribution >= 0.6 is 11.5 Å². The summed E-state index contributed by atoms with van der Waals surface area (Å²) in [7, 11) is 0. The van der Waals surface area contributed by atoms with E-state index in [1.807, 2.05) is 6.92 Å². The monoisotopic (exact) mass is 373 g/mol. The quantitative estimate of drug-likeness (QED) is 0.868. The van der Waals surface area contributed by atoms with Gasteiger partial charge in [0.1, 0.15) is 0 Å². The van der Waals surface area contributed by atoms with Gasteiger partial charge in [-0.1, -0.05) is 28.8 Å². The minimum Gasteiger partial charge on any atom is -0.376 e. The normalized spacial score (nSPS) is 22.2. The van der Waals surface area contributed by atoms with Gasteiger partial charge >= 0.3 is 0 Å². The second-order valence-corrected chi connectivity index (χ2v) is 8.70. The second kappa shape index (κ2) is 7.45. The van der Waals surface area contributed by atoms with Crippen LogP contribution in [0.1, 0.15) is 54.8 Å². The van der Waals surface area contributed by atoms with Crippen molar-refractivity contribution < 1.29 is 9.53 Å². The highest BCUT2D eigenvalue weighted by molar-refractivity contribution is 7.05. The maximum Gasteiger partial charge on any atom is 0.221 e. The molecule has 6 heteroatoms. The summed E-state index contributed by atoms with van der Waals surface area (Å²) in [6, 6.07) is 8.42. The van der Waals surface area contributed by atoms with Crippen LogP contribution in [0.15, 0.2) is 24.3 Å². The molecule has 0 radical (unpaired) electrons. The zero-order valence-corrected chi connectivity index (χ0v) is 16.8. The molecule has 1 atom stereocenters. The molecule has 1 fully saturated rings. The van der Waals surface area contributed by atoms with E-state index in [4.69, 9.17) is 4.74 Å². The first kappa shape index (κ1) is 19.0. The van der Waals surface area contributed by atoms with Crippen LogP contribution in [0.5, 0.6) is 0 Å². The predicted octanol–water partition coefficient (Wildman–Crippen LogP) is 3.69. The van der Waals surface area contributed by atoms with Gasteiger partial charge in [0.15, 0.2) is 0 Å². The lowest BCUT2D eigenvalue weighted by Gasteiger charge is -2.45. The molecule has 5 nitrogen and oxygen atoms in total. The van der Waals surface area contributed by atoms with Crippen molar-refractivity contribution in [3.05, 3.63) is 46.0 Å². The van der Waals surface area contributed by atoms with E-state index in [9.17, 15) is 4.79 Å². The number of nitrogens with zero attached hydrogens (tertiary/aromatic N) is 2. The van der Waals surface area contributed by atoms with Crippen LogP contribution < -0.4 is 5.32 Å². The lowest BCUT2D eigenvalue weighted by molar-refractivity contribution is -0.126. The fourth-order valence-electron chi connectivity index (χ4n) is 4.08. The van der Waals surface area contributed by atoms with Crippen molar-refractivity contribution in [3.63, 3.8) is 0 Å². The summed E-state index contributed by atoms with van der Waals surface area (Å²) >= 11 is 1.34. The molecule has 140 valence electrons. The first-order valence-corrected chi connectivity index (χ1v) is 9.83. The van der Waals surface area contributed by atoms with Gasteiger partial charge in [0.25, 0.3) is 0 Å². The predicted molar refractivity (Wildman–Crippen MR) is 103 cm³/mol. The Morgan fingerprint density at radius 2 is 2.08 bits per heavy atom. The minimum absolute atomic E-state index is 0.0683. The van der Waals surface area contributed by atoms with E-state index in [1.54, 1.807) is 0 Å². The molecule has 1 amide bonds. The van der Waals surface area contributed by atoms with E-state index in [-0.39, 0.29) is 16.9 Å². The Kier molecular flexibility index (Phi) is 5.44. The van der Waals surface area contributed by atoms with E-state index in [0.29, 0.717) is 19.6 Å². The fraction of sp³-hybridized carbons (Fsp3) is 0.550. The lowest BCUT2D eigenvalue weighted by atomic mass is 9.66. The smallest absolute Gasteiger partial charge is 0.221 e. The van der Waals surface area contributed by atoms with Gasteiger partial charge in [0.05, 0.1) is 22.7 Å². The molecule has 1 unspecified atom stereocenters. The van der Waals surface area contributed by atoms with Gasteiger partial charge in [0.2, 0.25) is 5.91 Å². The van der Waals surface area contributed by atoms with Crippen molar-refractivity contribution in [2.75, 3.05) is 6.61 Å². The molecule has 2 aromatic rings. The van der Waals surface area contributed by atoms with Gasteiger partial charge in [-0.15, -0.1) is 5.10 Å². The number of benzene rings is 1. The number of hydrogen-bond acceptors (Lipinski definition) is 5. The number of carbonyl (C=O) groups excluding carboxylic acids is 1. The fourth-order valence-corrected chi connectivity index (χ4v) is 4.65. The molecule has 1 saturated heterocycles. The van der Waals surface area contributed by atoms with Crippen molar-refractivity contribution in [3.8, 4) is 0 Å². The molecule has 0 aliphatic carbocycles. The van der Waals surface area contributed by atoms with E-state index >= 15 is 0 Å². The highest BCUT2D eigenvalue weighted by Gasteiger charge is 2.44. The van der Waals surface area contributed by atoms with Gasteiger partial charge in [-0.05, 0) is 63.2 Å². The van der Waals surface area contributed by atoms with Crippen molar-refractivity contribution in [2.45, 2.75) is 64.5 Å². The summed E-state index contributed by atoms with van der Waals surface area (Å²) in [6.07, 6.45) is 2.16. The van der Waals surface area contributed by atoms with Crippen LogP contribution in [-0.4, -0.2) is 27.7 Å². The van der Waals surface area contributed by atoms with Crippen molar-refractivity contribution >= 4 is 17.4 Å². The van der Waals surface area contributed by atoms with Gasteiger partial charge in [-0.2, -0.15) is 0 Å². The minimum atomic E-state index is -0.237. The standard InChI is InChI=1S/C20H27N3O2S/c1-14-7-5-6-8-16(14)20(9-10-25-19(3,4)13-20)11-18(24)21-12-17-15(2)22-23-26-17/h5-8H,9-13H2,1-4H3,(H,21,24). The van der Waals surface area contributed by atoms with Gasteiger partial charge in [-0.3, -0.25) is 4.79 Å². The highest BCUT2D eigenvalue weighted by atomic mass is 32.1. The number of amides is 1. The van der Waals surface area contributed by atoms with E-state index in [2.05, 4.69) is 59.9 Å². The molecule has 1 aliphatic rings. The number of aryl methyl sites for hydroxylation is 2. The Bertz CT molecular complexity index is 787. The van der Waals surface area contributed by atoms with Crippen LogP contribution in [0, 0.1) is 13.8 Å². The number of nitrogens with one attached hydrogen (secondary N) is 1. The van der Waals surface area contributed by atoms with Crippen LogP contribution in [0.3, 0.4) is 0 Å². The maximum absolute atomic E-state index is 12.8. The zero-order valence-electron chi connectivity index (χ0n) is 16.0. The Balaban J connectivity index is 1.81. The van der Waals surface area contributed by atoms with Gasteiger partial charge < -0.3 is 10.1 Å². The maximum atomic E-state index is 12.8. The van der Waals surface area contributed by atoms with E-state index < -0.39 is 0 Å². The Labute approximate surface area is 159 Å². The molecule has 0 bridgehead atoms. The number of carbonyl (C=O) groups is 1. The number of aromatic nitrogens is 2. The molecule has 1 N–H and O–H groups in total. The summed E-state index contributed by atoms with van der Waals surface area (Å²) < 4.78 is 9.88. The zero-order chi connectivity index (χ0) is 18.8. The van der Waals surface area contributed by atoms with Gasteiger partial charge in [-0.25, -0.2) is 0 Å². The number of ether oxygens (including phenoxy) is 1. The third-order valence-electron chi connectivity index (χ3n) is 5.24. The average molecular weight is 374 g/mol. The van der Waals surface area contributed by atoms with E-state index in [0.717, 1.165) is 23.4 Å². The van der Waals surface area contributed by atoms with Crippen molar-refractivity contribution in [1.29, 1.82) is 0 Å². The highest BCUT2D eigenvalue weighted by Crippen LogP contribution is 2.45. The largest absolute Gasteiger partial charge is 0.376 e. The summed E-state index contributed by atoms with van der Waals surface area (Å²) in [4.78, 5) is 13.8. The van der Waals surface area contributed by atoms with Crippen LogP contribution in [-0.2, 0) is 21.5 Å². The van der Waals surface area contributed by atoms with Crippen LogP contribution in [0.4, 0.5) is 0 Å². The summed E-state index contributed by atoms with van der Waals surface area (Å²) in [5.74, 6) is 0.0683.